The first-order valence-corrected chi connectivity index (χ1v) is 6.39. The van der Waals surface area contributed by atoms with E-state index in [-0.39, 0.29) is 16.4 Å². The van der Waals surface area contributed by atoms with Crippen LogP contribution >= 0.6 is 0 Å². The lowest BCUT2D eigenvalue weighted by atomic mass is 10.1. The van der Waals surface area contributed by atoms with Crippen LogP contribution in [0, 0.1) is 0 Å². The van der Waals surface area contributed by atoms with Gasteiger partial charge in [-0.15, -0.1) is 0 Å². The van der Waals surface area contributed by atoms with Crippen molar-refractivity contribution >= 4 is 17.3 Å². The molecule has 3 rings (SSSR count). The van der Waals surface area contributed by atoms with Crippen LogP contribution in [0.15, 0.2) is 57.7 Å². The van der Waals surface area contributed by atoms with E-state index in [2.05, 4.69) is 0 Å². The number of benzene rings is 2. The van der Waals surface area contributed by atoms with Crippen LogP contribution in [0.4, 0.5) is 0 Å². The van der Waals surface area contributed by atoms with Crippen LogP contribution in [0.3, 0.4) is 0 Å². The van der Waals surface area contributed by atoms with Crippen molar-refractivity contribution in [1.82, 2.24) is 0 Å². The molecule has 0 fully saturated rings. The molecule has 0 spiro atoms. The maximum absolute atomic E-state index is 12.3. The fraction of sp³-hybridized carbons (Fsp3) is 0.0588. The molecule has 0 saturated carbocycles. The van der Waals surface area contributed by atoms with Gasteiger partial charge in [0, 0.05) is 23.3 Å². The highest BCUT2D eigenvalue weighted by molar-refractivity contribution is 5.97. The molecule has 4 nitrogen and oxygen atoms in total. The van der Waals surface area contributed by atoms with Gasteiger partial charge in [0.25, 0.3) is 0 Å². The molecule has 2 aromatic carbocycles. The lowest BCUT2D eigenvalue weighted by molar-refractivity contribution is 0.112. The van der Waals surface area contributed by atoms with Gasteiger partial charge in [0.2, 0.25) is 0 Å². The lowest BCUT2D eigenvalue weighted by Gasteiger charge is -2.07. The average Bonchev–Trinajstić information content (AvgIpc) is 2.54. The smallest absolute Gasteiger partial charge is 0.194 e. The maximum Gasteiger partial charge on any atom is 0.194 e. The standard InChI is InChI=1S/C17H12O4/c1-20-13-7-12(10-18)17-14(19)9-15(21-16(17)8-13)11-5-3-2-4-6-11/h2-10H,1H3. The Hall–Kier alpha value is -2.88. The molecule has 1 aromatic heterocycles. The van der Waals surface area contributed by atoms with E-state index >= 15 is 0 Å². The zero-order valence-electron chi connectivity index (χ0n) is 11.3. The van der Waals surface area contributed by atoms with Gasteiger partial charge in [0.1, 0.15) is 17.1 Å². The number of ether oxygens (including phenoxy) is 1. The number of methoxy groups -OCH3 is 1. The summed E-state index contributed by atoms with van der Waals surface area (Å²) in [6, 6.07) is 13.8. The second-order valence-corrected chi connectivity index (χ2v) is 4.55. The van der Waals surface area contributed by atoms with Gasteiger partial charge in [0.05, 0.1) is 12.5 Å². The van der Waals surface area contributed by atoms with Gasteiger partial charge in [-0.2, -0.15) is 0 Å². The third kappa shape index (κ3) is 2.31. The molecule has 4 heteroatoms. The molecule has 0 N–H and O–H groups in total. The number of carbonyl (C=O) groups is 1. The van der Waals surface area contributed by atoms with E-state index in [0.29, 0.717) is 23.4 Å². The van der Waals surface area contributed by atoms with Crippen molar-refractivity contribution in [2.45, 2.75) is 0 Å². The van der Waals surface area contributed by atoms with Crippen molar-refractivity contribution in [3.8, 4) is 17.1 Å². The molecule has 0 aliphatic carbocycles. The second-order valence-electron chi connectivity index (χ2n) is 4.55. The second kappa shape index (κ2) is 5.25. The Kier molecular flexibility index (Phi) is 3.28. The first-order chi connectivity index (χ1) is 10.2. The van der Waals surface area contributed by atoms with Crippen LogP contribution in [0.2, 0.25) is 0 Å². The summed E-state index contributed by atoms with van der Waals surface area (Å²) in [5, 5.41) is 0.269. The molecule has 0 aliphatic rings. The minimum atomic E-state index is -0.250. The summed E-state index contributed by atoms with van der Waals surface area (Å²) < 4.78 is 10.9. The summed E-state index contributed by atoms with van der Waals surface area (Å²) in [7, 11) is 1.49. The summed E-state index contributed by atoms with van der Waals surface area (Å²) in [5.41, 5.74) is 1.15. The minimum Gasteiger partial charge on any atom is -0.497 e. The van der Waals surface area contributed by atoms with Crippen LogP contribution in [0.5, 0.6) is 5.75 Å². The Labute approximate surface area is 120 Å². The Balaban J connectivity index is 2.34. The molecule has 0 bridgehead atoms. The van der Waals surface area contributed by atoms with Gasteiger partial charge < -0.3 is 9.15 Å². The van der Waals surface area contributed by atoms with Crippen molar-refractivity contribution < 1.29 is 13.9 Å². The predicted molar refractivity (Wildman–Crippen MR) is 79.9 cm³/mol. The van der Waals surface area contributed by atoms with Gasteiger partial charge in [-0.3, -0.25) is 9.59 Å². The highest BCUT2D eigenvalue weighted by Gasteiger charge is 2.12. The molecule has 0 amide bonds. The van der Waals surface area contributed by atoms with Gasteiger partial charge in [-0.05, 0) is 6.07 Å². The Morgan fingerprint density at radius 2 is 1.86 bits per heavy atom. The third-order valence-electron chi connectivity index (χ3n) is 3.26. The molecule has 0 atom stereocenters. The summed E-state index contributed by atoms with van der Waals surface area (Å²) in [6.45, 7) is 0. The summed E-state index contributed by atoms with van der Waals surface area (Å²) in [5.74, 6) is 0.927. The fourth-order valence-corrected chi connectivity index (χ4v) is 2.25. The molecule has 0 unspecified atom stereocenters. The largest absolute Gasteiger partial charge is 0.497 e. The van der Waals surface area contributed by atoms with Crippen LogP contribution < -0.4 is 10.2 Å². The molecule has 21 heavy (non-hydrogen) atoms. The molecule has 104 valence electrons. The number of aldehydes is 1. The molecule has 0 radical (unpaired) electrons. The first kappa shape index (κ1) is 13.1. The van der Waals surface area contributed by atoms with Crippen molar-refractivity contribution in [2.75, 3.05) is 7.11 Å². The zero-order chi connectivity index (χ0) is 14.8. The van der Waals surface area contributed by atoms with Crippen molar-refractivity contribution in [1.29, 1.82) is 0 Å². The van der Waals surface area contributed by atoms with Gasteiger partial charge in [-0.25, -0.2) is 0 Å². The van der Waals surface area contributed by atoms with E-state index < -0.39 is 0 Å². The van der Waals surface area contributed by atoms with E-state index in [1.165, 1.54) is 19.2 Å². The fourth-order valence-electron chi connectivity index (χ4n) is 2.25. The van der Waals surface area contributed by atoms with Crippen LogP contribution in [-0.2, 0) is 0 Å². The van der Waals surface area contributed by atoms with E-state index in [4.69, 9.17) is 9.15 Å². The Bertz CT molecular complexity index is 863. The number of carbonyl (C=O) groups excluding carboxylic acids is 1. The topological polar surface area (TPSA) is 56.5 Å². The highest BCUT2D eigenvalue weighted by atomic mass is 16.5. The molecule has 1 heterocycles. The van der Waals surface area contributed by atoms with E-state index in [1.54, 1.807) is 6.07 Å². The van der Waals surface area contributed by atoms with Gasteiger partial charge in [0.15, 0.2) is 11.7 Å². The normalized spacial score (nSPS) is 10.5. The molecular weight excluding hydrogens is 268 g/mol. The van der Waals surface area contributed by atoms with Crippen LogP contribution in [-0.4, -0.2) is 13.4 Å². The van der Waals surface area contributed by atoms with Crippen molar-refractivity contribution in [3.05, 3.63) is 64.3 Å². The molecule has 0 aliphatic heterocycles. The van der Waals surface area contributed by atoms with Gasteiger partial charge >= 0.3 is 0 Å². The SMILES string of the molecule is COc1cc(C=O)c2c(=O)cc(-c3ccccc3)oc2c1. The summed E-state index contributed by atoms with van der Waals surface area (Å²) >= 11 is 0. The Morgan fingerprint density at radius 1 is 1.10 bits per heavy atom. The zero-order valence-corrected chi connectivity index (χ0v) is 11.3. The maximum atomic E-state index is 12.3. The van der Waals surface area contributed by atoms with E-state index in [1.807, 2.05) is 30.3 Å². The number of hydrogen-bond acceptors (Lipinski definition) is 4. The van der Waals surface area contributed by atoms with E-state index in [9.17, 15) is 9.59 Å². The highest BCUT2D eigenvalue weighted by Crippen LogP contribution is 2.26. The first-order valence-electron chi connectivity index (χ1n) is 6.39. The van der Waals surface area contributed by atoms with E-state index in [0.717, 1.165) is 5.56 Å². The number of rotatable bonds is 3. The Morgan fingerprint density at radius 3 is 2.52 bits per heavy atom. The van der Waals surface area contributed by atoms with Gasteiger partial charge in [-0.1, -0.05) is 30.3 Å². The number of fused-ring (bicyclic) bond motifs is 1. The predicted octanol–water partition coefficient (Wildman–Crippen LogP) is 3.28. The third-order valence-corrected chi connectivity index (χ3v) is 3.26. The van der Waals surface area contributed by atoms with Crippen LogP contribution in [0.25, 0.3) is 22.3 Å². The lowest BCUT2D eigenvalue weighted by Crippen LogP contribution is -2.04. The summed E-state index contributed by atoms with van der Waals surface area (Å²) in [4.78, 5) is 23.5. The average molecular weight is 280 g/mol. The monoisotopic (exact) mass is 280 g/mol. The minimum absolute atomic E-state index is 0.250. The number of hydrogen-bond donors (Lipinski definition) is 0. The summed E-state index contributed by atoms with van der Waals surface area (Å²) in [6.07, 6.45) is 0.629. The molecule has 3 aromatic rings. The van der Waals surface area contributed by atoms with Crippen molar-refractivity contribution in [2.24, 2.45) is 0 Å². The molecule has 0 saturated heterocycles. The van der Waals surface area contributed by atoms with Crippen molar-refractivity contribution in [3.63, 3.8) is 0 Å². The van der Waals surface area contributed by atoms with Crippen LogP contribution in [0.1, 0.15) is 10.4 Å². The quantitative estimate of drug-likeness (QED) is 0.691. The molecular formula is C17H12O4.